The van der Waals surface area contributed by atoms with Gasteiger partial charge in [0.25, 0.3) is 10.0 Å². The summed E-state index contributed by atoms with van der Waals surface area (Å²) in [5.74, 6) is -1.23. The first-order valence-corrected chi connectivity index (χ1v) is 6.93. The van der Waals surface area contributed by atoms with Gasteiger partial charge in [-0.3, -0.25) is 4.79 Å². The van der Waals surface area contributed by atoms with Crippen molar-refractivity contribution < 1.29 is 18.3 Å². The summed E-state index contributed by atoms with van der Waals surface area (Å²) in [5, 5.41) is 8.60. The van der Waals surface area contributed by atoms with Crippen LogP contribution in [-0.4, -0.2) is 25.5 Å². The van der Waals surface area contributed by atoms with Gasteiger partial charge in [0, 0.05) is 0 Å². The summed E-state index contributed by atoms with van der Waals surface area (Å²) >= 11 is 6.64. The molecule has 0 amide bonds. The van der Waals surface area contributed by atoms with E-state index in [0.717, 1.165) is 11.3 Å². The molecule has 1 heterocycles. The molecule has 0 spiro atoms. The number of aliphatic carboxylic acids is 1. The Morgan fingerprint density at radius 3 is 2.56 bits per heavy atom. The predicted octanol–water partition coefficient (Wildman–Crippen LogP) is 1.46. The number of hydrogen-bond donors (Lipinski definition) is 2. The molecule has 0 aliphatic rings. The van der Waals surface area contributed by atoms with Gasteiger partial charge in [-0.15, -0.1) is 11.3 Å². The van der Waals surface area contributed by atoms with Gasteiger partial charge in [0.1, 0.15) is 10.3 Å². The van der Waals surface area contributed by atoms with Crippen molar-refractivity contribution in [3.05, 3.63) is 16.0 Å². The smallest absolute Gasteiger partial charge is 0.321 e. The van der Waals surface area contributed by atoms with E-state index in [2.05, 4.69) is 0 Å². The van der Waals surface area contributed by atoms with Gasteiger partial charge in [-0.2, -0.15) is 4.72 Å². The molecule has 5 nitrogen and oxygen atoms in total. The lowest BCUT2D eigenvalue weighted by Crippen LogP contribution is -2.37. The Balaban J connectivity index is 2.99. The van der Waals surface area contributed by atoms with Crippen LogP contribution in [-0.2, 0) is 14.8 Å². The first-order valence-electron chi connectivity index (χ1n) is 4.25. The number of rotatable bonds is 4. The third-order valence-corrected chi connectivity index (χ3v) is 5.37. The standard InChI is InChI=1S/C8H10ClNO4S2/c1-4-3-6(15-7(4)9)16(13,14)10-5(2)8(11)12/h3,5,10H,1-2H3,(H,11,12). The number of carbonyl (C=O) groups is 1. The van der Waals surface area contributed by atoms with Crippen LogP contribution in [0.15, 0.2) is 10.3 Å². The second kappa shape index (κ2) is 4.70. The van der Waals surface area contributed by atoms with E-state index in [-0.39, 0.29) is 4.21 Å². The van der Waals surface area contributed by atoms with Crippen LogP contribution in [0.25, 0.3) is 0 Å². The summed E-state index contributed by atoms with van der Waals surface area (Å²) in [4.78, 5) is 10.5. The molecule has 0 radical (unpaired) electrons. The van der Waals surface area contributed by atoms with Crippen LogP contribution in [0.4, 0.5) is 0 Å². The van der Waals surface area contributed by atoms with E-state index in [1.807, 2.05) is 4.72 Å². The lowest BCUT2D eigenvalue weighted by molar-refractivity contribution is -0.138. The Labute approximate surface area is 102 Å². The molecule has 0 aromatic carbocycles. The number of hydrogen-bond acceptors (Lipinski definition) is 4. The fourth-order valence-electron chi connectivity index (χ4n) is 0.905. The minimum Gasteiger partial charge on any atom is -0.480 e. The molecular weight excluding hydrogens is 274 g/mol. The first-order chi connectivity index (χ1) is 7.24. The van der Waals surface area contributed by atoms with Crippen molar-refractivity contribution in [2.45, 2.75) is 24.1 Å². The summed E-state index contributed by atoms with van der Waals surface area (Å²) in [6.07, 6.45) is 0. The zero-order valence-corrected chi connectivity index (χ0v) is 10.9. The third kappa shape index (κ3) is 2.94. The molecule has 1 aromatic heterocycles. The van der Waals surface area contributed by atoms with Crippen LogP contribution in [0, 0.1) is 6.92 Å². The maximum atomic E-state index is 11.7. The van der Waals surface area contributed by atoms with Crippen molar-refractivity contribution in [2.75, 3.05) is 0 Å². The van der Waals surface area contributed by atoms with Crippen LogP contribution in [0.2, 0.25) is 4.34 Å². The number of carboxylic acids is 1. The van der Waals surface area contributed by atoms with E-state index >= 15 is 0 Å². The second-order valence-electron chi connectivity index (χ2n) is 3.20. The summed E-state index contributed by atoms with van der Waals surface area (Å²) in [5.41, 5.74) is 0.648. The van der Waals surface area contributed by atoms with Crippen LogP contribution < -0.4 is 4.72 Å². The average Bonchev–Trinajstić information content (AvgIpc) is 2.47. The molecule has 2 N–H and O–H groups in total. The highest BCUT2D eigenvalue weighted by Gasteiger charge is 2.23. The van der Waals surface area contributed by atoms with E-state index in [1.54, 1.807) is 6.92 Å². The molecule has 8 heteroatoms. The van der Waals surface area contributed by atoms with Crippen molar-refractivity contribution in [1.82, 2.24) is 4.72 Å². The van der Waals surface area contributed by atoms with Crippen molar-refractivity contribution in [3.8, 4) is 0 Å². The van der Waals surface area contributed by atoms with Crippen molar-refractivity contribution >= 4 is 38.9 Å². The van der Waals surface area contributed by atoms with Gasteiger partial charge in [0.05, 0.1) is 4.34 Å². The molecule has 1 unspecified atom stereocenters. The van der Waals surface area contributed by atoms with Crippen molar-refractivity contribution in [3.63, 3.8) is 0 Å². The monoisotopic (exact) mass is 283 g/mol. The molecule has 1 rings (SSSR count). The molecule has 0 bridgehead atoms. The molecule has 1 atom stereocenters. The van der Waals surface area contributed by atoms with Gasteiger partial charge in [0.15, 0.2) is 0 Å². The summed E-state index contributed by atoms with van der Waals surface area (Å²) in [6.45, 7) is 2.93. The van der Waals surface area contributed by atoms with Gasteiger partial charge in [-0.1, -0.05) is 11.6 Å². The Morgan fingerprint density at radius 2 is 2.19 bits per heavy atom. The van der Waals surface area contributed by atoms with E-state index in [4.69, 9.17) is 16.7 Å². The Bertz CT molecular complexity index is 489. The van der Waals surface area contributed by atoms with Crippen molar-refractivity contribution in [2.24, 2.45) is 0 Å². The maximum Gasteiger partial charge on any atom is 0.321 e. The Morgan fingerprint density at radius 1 is 1.62 bits per heavy atom. The number of sulfonamides is 1. The minimum absolute atomic E-state index is 0.0168. The normalized spacial score (nSPS) is 13.7. The zero-order valence-electron chi connectivity index (χ0n) is 8.52. The third-order valence-electron chi connectivity index (χ3n) is 1.80. The fourth-order valence-corrected chi connectivity index (χ4v) is 3.83. The van der Waals surface area contributed by atoms with E-state index < -0.39 is 22.0 Å². The highest BCUT2D eigenvalue weighted by molar-refractivity contribution is 7.91. The van der Waals surface area contributed by atoms with Crippen LogP contribution in [0.1, 0.15) is 12.5 Å². The number of aryl methyl sites for hydroxylation is 1. The van der Waals surface area contributed by atoms with Gasteiger partial charge < -0.3 is 5.11 Å². The highest BCUT2D eigenvalue weighted by atomic mass is 35.5. The van der Waals surface area contributed by atoms with Crippen LogP contribution >= 0.6 is 22.9 Å². The van der Waals surface area contributed by atoms with Gasteiger partial charge in [0.2, 0.25) is 0 Å². The van der Waals surface area contributed by atoms with Gasteiger partial charge in [-0.05, 0) is 25.5 Å². The molecule has 90 valence electrons. The maximum absolute atomic E-state index is 11.7. The van der Waals surface area contributed by atoms with Crippen LogP contribution in [0.3, 0.4) is 0 Å². The second-order valence-corrected chi connectivity index (χ2v) is 6.80. The molecule has 0 fully saturated rings. The van der Waals surface area contributed by atoms with E-state index in [1.165, 1.54) is 13.0 Å². The number of thiophene rings is 1. The number of carboxylic acid groups (broad SMARTS) is 1. The molecule has 0 saturated heterocycles. The van der Waals surface area contributed by atoms with Crippen molar-refractivity contribution in [1.29, 1.82) is 0 Å². The number of halogens is 1. The fraction of sp³-hybridized carbons (Fsp3) is 0.375. The zero-order chi connectivity index (χ0) is 12.5. The molecule has 1 aromatic rings. The van der Waals surface area contributed by atoms with Gasteiger partial charge in [-0.25, -0.2) is 8.42 Å². The Kier molecular flexibility index (Phi) is 3.95. The predicted molar refractivity (Wildman–Crippen MR) is 61.5 cm³/mol. The quantitative estimate of drug-likeness (QED) is 0.876. The minimum atomic E-state index is -3.80. The largest absolute Gasteiger partial charge is 0.480 e. The van der Waals surface area contributed by atoms with Gasteiger partial charge >= 0.3 is 5.97 Å². The average molecular weight is 284 g/mol. The summed E-state index contributed by atoms with van der Waals surface area (Å²) in [6, 6.07) is 0.232. The molecule has 0 aliphatic carbocycles. The lowest BCUT2D eigenvalue weighted by atomic mass is 10.4. The summed E-state index contributed by atoms with van der Waals surface area (Å²) in [7, 11) is -3.80. The SMILES string of the molecule is Cc1cc(S(=O)(=O)NC(C)C(=O)O)sc1Cl. The lowest BCUT2D eigenvalue weighted by Gasteiger charge is -2.07. The topological polar surface area (TPSA) is 83.5 Å². The molecule has 16 heavy (non-hydrogen) atoms. The molecule has 0 saturated carbocycles. The van der Waals surface area contributed by atoms with E-state index in [0.29, 0.717) is 9.90 Å². The Hall–Kier alpha value is -0.630. The van der Waals surface area contributed by atoms with Crippen LogP contribution in [0.5, 0.6) is 0 Å². The van der Waals surface area contributed by atoms with E-state index in [9.17, 15) is 13.2 Å². The highest BCUT2D eigenvalue weighted by Crippen LogP contribution is 2.29. The molecular formula is C8H10ClNO4S2. The summed E-state index contributed by atoms with van der Waals surface area (Å²) < 4.78 is 25.8. The first kappa shape index (κ1) is 13.4. The number of nitrogens with one attached hydrogen (secondary N) is 1. The molecule has 0 aliphatic heterocycles.